The molecule has 3 aliphatic rings. The highest BCUT2D eigenvalue weighted by Crippen LogP contribution is 2.35. The van der Waals surface area contributed by atoms with Crippen molar-refractivity contribution in [1.82, 2.24) is 9.80 Å². The number of benzene rings is 3. The number of anilines is 1. The molecule has 41 heavy (non-hydrogen) atoms. The van der Waals surface area contributed by atoms with Gasteiger partial charge in [-0.25, -0.2) is 9.89 Å². The predicted octanol–water partition coefficient (Wildman–Crippen LogP) is 4.62. The van der Waals surface area contributed by atoms with E-state index in [4.69, 9.17) is 9.98 Å². The zero-order valence-corrected chi connectivity index (χ0v) is 23.1. The minimum Gasteiger partial charge on any atom is -0.368 e. The molecule has 0 radical (unpaired) electrons. The molecule has 1 saturated heterocycles. The van der Waals surface area contributed by atoms with Gasteiger partial charge < -0.3 is 9.80 Å². The van der Waals surface area contributed by atoms with Gasteiger partial charge in [-0.15, -0.1) is 0 Å². The number of amidine groups is 2. The number of rotatable bonds is 7. The van der Waals surface area contributed by atoms with E-state index >= 15 is 0 Å². The average molecular weight is 569 g/mol. The van der Waals surface area contributed by atoms with Crippen LogP contribution in [0.2, 0.25) is 0 Å². The number of nitro benzene ring substituents is 1. The molecular formula is C30H28N6O4S. The fraction of sp³-hybridized carbons (Fsp3) is 0.267. The van der Waals surface area contributed by atoms with Crippen LogP contribution in [0.15, 0.2) is 88.8 Å². The van der Waals surface area contributed by atoms with E-state index in [0.29, 0.717) is 36.3 Å². The second-order valence-electron chi connectivity index (χ2n) is 10.0. The molecule has 1 unspecified atom stereocenters. The van der Waals surface area contributed by atoms with Crippen LogP contribution < -0.4 is 4.90 Å². The third-order valence-electron chi connectivity index (χ3n) is 7.45. The lowest BCUT2D eigenvalue weighted by Crippen LogP contribution is -2.49. The number of carbonyl (C=O) groups excluding carboxylic acids is 2. The first-order valence-electron chi connectivity index (χ1n) is 13.5. The smallest absolute Gasteiger partial charge is 0.269 e. The number of thioether (sulfide) groups is 1. The van der Waals surface area contributed by atoms with Gasteiger partial charge in [0.2, 0.25) is 5.91 Å². The molecule has 2 amide bonds. The highest BCUT2D eigenvalue weighted by atomic mass is 32.2. The maximum Gasteiger partial charge on any atom is 0.269 e. The highest BCUT2D eigenvalue weighted by Gasteiger charge is 2.41. The summed E-state index contributed by atoms with van der Waals surface area (Å²) in [7, 11) is 0. The maximum absolute atomic E-state index is 13.6. The fourth-order valence-corrected chi connectivity index (χ4v) is 6.18. The van der Waals surface area contributed by atoms with Gasteiger partial charge in [0.15, 0.2) is 5.17 Å². The molecule has 3 heterocycles. The quantitative estimate of drug-likeness (QED) is 0.304. The molecule has 10 nitrogen and oxygen atoms in total. The first-order valence-corrected chi connectivity index (χ1v) is 14.5. The summed E-state index contributed by atoms with van der Waals surface area (Å²) in [6.45, 7) is 2.85. The monoisotopic (exact) mass is 568 g/mol. The minimum absolute atomic E-state index is 0.0299. The summed E-state index contributed by atoms with van der Waals surface area (Å²) in [4.78, 5) is 52.5. The summed E-state index contributed by atoms with van der Waals surface area (Å²) in [5.41, 5.74) is 3.58. The van der Waals surface area contributed by atoms with Crippen molar-refractivity contribution < 1.29 is 14.5 Å². The van der Waals surface area contributed by atoms with Gasteiger partial charge in [0.05, 0.1) is 10.6 Å². The van der Waals surface area contributed by atoms with Crippen molar-refractivity contribution in [2.24, 2.45) is 9.98 Å². The molecule has 3 aliphatic heterocycles. The van der Waals surface area contributed by atoms with Gasteiger partial charge in [-0.05, 0) is 36.2 Å². The number of para-hydroxylation sites is 2. The Kier molecular flexibility index (Phi) is 7.51. The Morgan fingerprint density at radius 1 is 0.951 bits per heavy atom. The van der Waals surface area contributed by atoms with Crippen LogP contribution in [0.5, 0.6) is 0 Å². The highest BCUT2D eigenvalue weighted by molar-refractivity contribution is 8.13. The van der Waals surface area contributed by atoms with E-state index in [2.05, 4.69) is 17.0 Å². The third-order valence-corrected chi connectivity index (χ3v) is 8.46. The van der Waals surface area contributed by atoms with Crippen LogP contribution in [0.25, 0.3) is 0 Å². The zero-order chi connectivity index (χ0) is 28.3. The van der Waals surface area contributed by atoms with Crippen molar-refractivity contribution >= 4 is 51.6 Å². The Morgan fingerprint density at radius 2 is 1.66 bits per heavy atom. The lowest BCUT2D eigenvalue weighted by molar-refractivity contribution is -0.384. The molecule has 208 valence electrons. The topological polar surface area (TPSA) is 112 Å². The molecule has 1 atom stereocenters. The van der Waals surface area contributed by atoms with Crippen molar-refractivity contribution in [3.8, 4) is 0 Å². The van der Waals surface area contributed by atoms with Crippen molar-refractivity contribution in [1.29, 1.82) is 0 Å². The summed E-state index contributed by atoms with van der Waals surface area (Å²) in [6.07, 6.45) is 0.579. The van der Waals surface area contributed by atoms with Gasteiger partial charge in [0.1, 0.15) is 11.9 Å². The summed E-state index contributed by atoms with van der Waals surface area (Å²) in [6, 6.07) is 23.4. The van der Waals surface area contributed by atoms with Gasteiger partial charge in [-0.2, -0.15) is 0 Å². The SMILES string of the molecule is O=C(CCC1N=C2c3ccccc3N=C(SCc3ccc([N+](=O)[O-])cc3)N2C1=O)N1CCN(c2ccccc2)CC1. The van der Waals surface area contributed by atoms with Gasteiger partial charge in [0, 0.05) is 61.7 Å². The molecule has 11 heteroatoms. The van der Waals surface area contributed by atoms with Crippen LogP contribution >= 0.6 is 11.8 Å². The Labute approximate surface area is 241 Å². The Balaban J connectivity index is 1.11. The fourth-order valence-electron chi connectivity index (χ4n) is 5.22. The Morgan fingerprint density at radius 3 is 2.39 bits per heavy atom. The molecular weight excluding hydrogens is 540 g/mol. The second-order valence-corrected chi connectivity index (χ2v) is 11.0. The second kappa shape index (κ2) is 11.5. The Hall–Kier alpha value is -4.51. The average Bonchev–Trinajstić information content (AvgIpc) is 3.35. The summed E-state index contributed by atoms with van der Waals surface area (Å²) in [5, 5.41) is 11.5. The van der Waals surface area contributed by atoms with E-state index in [0.717, 1.165) is 35.6 Å². The molecule has 0 spiro atoms. The van der Waals surface area contributed by atoms with Crippen LogP contribution in [-0.4, -0.2) is 69.8 Å². The number of nitrogens with zero attached hydrogens (tertiary/aromatic N) is 6. The molecule has 6 rings (SSSR count). The molecule has 0 bridgehead atoms. The lowest BCUT2D eigenvalue weighted by Gasteiger charge is -2.36. The van der Waals surface area contributed by atoms with E-state index in [-0.39, 0.29) is 23.9 Å². The van der Waals surface area contributed by atoms with Crippen molar-refractivity contribution in [3.05, 3.63) is 100 Å². The van der Waals surface area contributed by atoms with Crippen LogP contribution in [-0.2, 0) is 15.3 Å². The number of aliphatic imine (C=N–C) groups is 2. The molecule has 0 N–H and O–H groups in total. The number of carbonyl (C=O) groups is 2. The van der Waals surface area contributed by atoms with E-state index < -0.39 is 11.0 Å². The van der Waals surface area contributed by atoms with Crippen LogP contribution in [0.4, 0.5) is 17.1 Å². The van der Waals surface area contributed by atoms with Crippen LogP contribution in [0.1, 0.15) is 24.0 Å². The number of hydrogen-bond donors (Lipinski definition) is 0. The van der Waals surface area contributed by atoms with Gasteiger partial charge in [-0.1, -0.05) is 54.2 Å². The number of fused-ring (bicyclic) bond motifs is 3. The maximum atomic E-state index is 13.6. The standard InChI is InChI=1S/C30H28N6O4S/c37-27(34-18-16-33(17-19-34)22-6-2-1-3-7-22)15-14-26-29(38)35-28(31-26)24-8-4-5-9-25(24)32-30(35)41-20-21-10-12-23(13-11-21)36(39)40/h1-13,26H,14-20H2. The third kappa shape index (κ3) is 5.58. The normalized spacial score (nSPS) is 18.0. The van der Waals surface area contributed by atoms with Gasteiger partial charge in [0.25, 0.3) is 11.6 Å². The van der Waals surface area contributed by atoms with E-state index in [1.54, 1.807) is 17.0 Å². The molecule has 0 saturated carbocycles. The first-order chi connectivity index (χ1) is 20.0. The van der Waals surface area contributed by atoms with Crippen LogP contribution in [0, 0.1) is 10.1 Å². The van der Waals surface area contributed by atoms with Crippen molar-refractivity contribution in [3.63, 3.8) is 0 Å². The molecule has 3 aromatic rings. The molecule has 3 aromatic carbocycles. The predicted molar refractivity (Wildman–Crippen MR) is 160 cm³/mol. The van der Waals surface area contributed by atoms with Gasteiger partial charge in [-0.3, -0.25) is 24.7 Å². The van der Waals surface area contributed by atoms with E-state index in [1.165, 1.54) is 23.9 Å². The molecule has 0 aromatic heterocycles. The first kappa shape index (κ1) is 26.7. The number of piperazine rings is 1. The summed E-state index contributed by atoms with van der Waals surface area (Å²) in [5.74, 6) is 0.887. The largest absolute Gasteiger partial charge is 0.368 e. The number of amides is 2. The van der Waals surface area contributed by atoms with Crippen molar-refractivity contribution in [2.75, 3.05) is 31.1 Å². The summed E-state index contributed by atoms with van der Waals surface area (Å²) >= 11 is 1.38. The Bertz CT molecular complexity index is 1530. The van der Waals surface area contributed by atoms with E-state index in [9.17, 15) is 19.7 Å². The van der Waals surface area contributed by atoms with Crippen molar-refractivity contribution in [2.45, 2.75) is 24.6 Å². The lowest BCUT2D eigenvalue weighted by atomic mass is 10.1. The zero-order valence-electron chi connectivity index (χ0n) is 22.3. The number of nitro groups is 1. The summed E-state index contributed by atoms with van der Waals surface area (Å²) < 4.78 is 0. The number of non-ortho nitro benzene ring substituents is 1. The minimum atomic E-state index is -0.657. The molecule has 0 aliphatic carbocycles. The molecule has 1 fully saturated rings. The number of hydrogen-bond acceptors (Lipinski definition) is 8. The van der Waals surface area contributed by atoms with E-state index in [1.807, 2.05) is 47.4 Å². The van der Waals surface area contributed by atoms with Gasteiger partial charge >= 0.3 is 0 Å². The van der Waals surface area contributed by atoms with Crippen LogP contribution in [0.3, 0.4) is 0 Å².